The lowest BCUT2D eigenvalue weighted by Gasteiger charge is -2.28. The second-order valence-electron chi connectivity index (χ2n) is 5.18. The number of carbonyl (C=O) groups excluding carboxylic acids is 2. The van der Waals surface area contributed by atoms with E-state index in [0.29, 0.717) is 11.3 Å². The van der Waals surface area contributed by atoms with Gasteiger partial charge in [-0.05, 0) is 17.7 Å². The third-order valence-electron chi connectivity index (χ3n) is 3.69. The van der Waals surface area contributed by atoms with Crippen LogP contribution in [0, 0.1) is 0 Å². The van der Waals surface area contributed by atoms with Crippen molar-refractivity contribution >= 4 is 11.9 Å². The molecule has 24 heavy (non-hydrogen) atoms. The molecule has 0 amide bonds. The summed E-state index contributed by atoms with van der Waals surface area (Å²) in [5.74, 6) is -1.67. The molecule has 0 aliphatic carbocycles. The normalized spacial score (nSPS) is 14.6. The number of rotatable bonds is 4. The van der Waals surface area contributed by atoms with E-state index in [9.17, 15) is 14.7 Å². The summed E-state index contributed by atoms with van der Waals surface area (Å²) in [6, 6.07) is 4.68. The Kier molecular flexibility index (Phi) is 5.13. The Morgan fingerprint density at radius 2 is 1.58 bits per heavy atom. The highest BCUT2D eigenvalue weighted by atomic mass is 16.5. The first-order valence-corrected chi connectivity index (χ1v) is 7.11. The van der Waals surface area contributed by atoms with Crippen LogP contribution < -0.4 is 4.74 Å². The molecular formula is C17H19NO6. The van der Waals surface area contributed by atoms with Gasteiger partial charge >= 0.3 is 11.9 Å². The first-order chi connectivity index (χ1) is 11.4. The summed E-state index contributed by atoms with van der Waals surface area (Å²) in [7, 11) is 5.65. The second-order valence-corrected chi connectivity index (χ2v) is 5.18. The van der Waals surface area contributed by atoms with E-state index >= 15 is 0 Å². The third kappa shape index (κ3) is 3.19. The number of hydrogen-bond donors (Lipinski definition) is 1. The summed E-state index contributed by atoms with van der Waals surface area (Å²) < 4.78 is 14.7. The van der Waals surface area contributed by atoms with E-state index in [1.807, 2.05) is 0 Å². The average Bonchev–Trinajstić information content (AvgIpc) is 2.59. The first kappa shape index (κ1) is 17.4. The van der Waals surface area contributed by atoms with E-state index in [2.05, 4.69) is 0 Å². The van der Waals surface area contributed by atoms with Crippen molar-refractivity contribution in [2.75, 3.05) is 28.4 Å². The minimum absolute atomic E-state index is 0.0950. The summed E-state index contributed by atoms with van der Waals surface area (Å²) in [4.78, 5) is 25.9. The van der Waals surface area contributed by atoms with Crippen LogP contribution in [-0.4, -0.2) is 50.3 Å². The van der Waals surface area contributed by atoms with Gasteiger partial charge in [0.1, 0.15) is 0 Å². The van der Waals surface area contributed by atoms with Gasteiger partial charge < -0.3 is 24.2 Å². The quantitative estimate of drug-likeness (QED) is 0.837. The maximum Gasteiger partial charge on any atom is 0.336 e. The van der Waals surface area contributed by atoms with Crippen molar-refractivity contribution in [1.29, 1.82) is 0 Å². The fourth-order valence-corrected chi connectivity index (χ4v) is 2.62. The van der Waals surface area contributed by atoms with Crippen molar-refractivity contribution in [2.24, 2.45) is 0 Å². The number of methoxy groups -OCH3 is 3. The molecule has 0 bridgehead atoms. The molecule has 1 aromatic carbocycles. The van der Waals surface area contributed by atoms with Gasteiger partial charge in [0.2, 0.25) is 0 Å². The van der Waals surface area contributed by atoms with E-state index in [4.69, 9.17) is 14.2 Å². The van der Waals surface area contributed by atoms with Crippen molar-refractivity contribution in [3.63, 3.8) is 0 Å². The standard InChI is InChI=1S/C17H19NO6/c1-18-8-11(16(20)23-3)15(12(9-18)17(21)24-4)10-5-6-14(22-2)13(19)7-10/h5-9,15,19H,1-4H3. The molecule has 7 heteroatoms. The number of phenols is 1. The van der Waals surface area contributed by atoms with Gasteiger partial charge in [0, 0.05) is 19.4 Å². The lowest BCUT2D eigenvalue weighted by Crippen LogP contribution is -2.27. The zero-order valence-electron chi connectivity index (χ0n) is 13.9. The topological polar surface area (TPSA) is 85.3 Å². The number of nitrogens with zero attached hydrogens (tertiary/aromatic N) is 1. The van der Waals surface area contributed by atoms with Crippen LogP contribution in [0.2, 0.25) is 0 Å². The molecule has 2 rings (SSSR count). The first-order valence-electron chi connectivity index (χ1n) is 7.11. The predicted octanol–water partition coefficient (Wildman–Crippen LogP) is 1.54. The largest absolute Gasteiger partial charge is 0.504 e. The van der Waals surface area contributed by atoms with Crippen LogP contribution in [0.15, 0.2) is 41.7 Å². The minimum atomic E-state index is -0.724. The maximum atomic E-state index is 12.2. The molecule has 1 aliphatic heterocycles. The maximum absolute atomic E-state index is 12.2. The molecule has 0 spiro atoms. The number of esters is 2. The van der Waals surface area contributed by atoms with Gasteiger partial charge in [0.05, 0.1) is 38.4 Å². The minimum Gasteiger partial charge on any atom is -0.504 e. The fourth-order valence-electron chi connectivity index (χ4n) is 2.62. The molecule has 128 valence electrons. The Hall–Kier alpha value is -2.96. The van der Waals surface area contributed by atoms with Crippen LogP contribution in [0.1, 0.15) is 11.5 Å². The molecule has 0 aromatic heterocycles. The summed E-state index contributed by atoms with van der Waals surface area (Å²) in [5, 5.41) is 10.0. The molecule has 0 unspecified atom stereocenters. The Labute approximate surface area is 139 Å². The van der Waals surface area contributed by atoms with E-state index in [-0.39, 0.29) is 16.9 Å². The van der Waals surface area contributed by atoms with Gasteiger partial charge in [0.25, 0.3) is 0 Å². The molecule has 0 radical (unpaired) electrons. The van der Waals surface area contributed by atoms with Crippen LogP contribution in [0.4, 0.5) is 0 Å². The smallest absolute Gasteiger partial charge is 0.336 e. The van der Waals surface area contributed by atoms with Crippen LogP contribution in [-0.2, 0) is 19.1 Å². The molecule has 1 N–H and O–H groups in total. The highest BCUT2D eigenvalue weighted by molar-refractivity contribution is 5.98. The van der Waals surface area contributed by atoms with Crippen molar-refractivity contribution in [3.8, 4) is 11.5 Å². The Morgan fingerprint density at radius 1 is 1.04 bits per heavy atom. The summed E-state index contributed by atoms with van der Waals surface area (Å²) >= 11 is 0. The summed E-state index contributed by atoms with van der Waals surface area (Å²) in [6.07, 6.45) is 3.15. The van der Waals surface area contributed by atoms with Gasteiger partial charge in [-0.1, -0.05) is 6.07 Å². The van der Waals surface area contributed by atoms with Crippen LogP contribution in [0.5, 0.6) is 11.5 Å². The number of benzene rings is 1. The number of phenolic OH excluding ortho intramolecular Hbond substituents is 1. The molecular weight excluding hydrogens is 314 g/mol. The zero-order chi connectivity index (χ0) is 17.9. The number of carbonyl (C=O) groups is 2. The van der Waals surface area contributed by atoms with Crippen molar-refractivity contribution < 1.29 is 28.9 Å². The molecule has 0 fully saturated rings. The van der Waals surface area contributed by atoms with Crippen LogP contribution in [0.3, 0.4) is 0 Å². The Morgan fingerprint density at radius 3 is 2.00 bits per heavy atom. The molecule has 1 aliphatic rings. The molecule has 0 saturated heterocycles. The molecule has 7 nitrogen and oxygen atoms in total. The molecule has 1 aromatic rings. The summed E-state index contributed by atoms with van der Waals surface area (Å²) in [6.45, 7) is 0. The van der Waals surface area contributed by atoms with Gasteiger partial charge in [-0.2, -0.15) is 0 Å². The average molecular weight is 333 g/mol. The van der Waals surface area contributed by atoms with Gasteiger partial charge in [-0.3, -0.25) is 0 Å². The van der Waals surface area contributed by atoms with Crippen LogP contribution in [0.25, 0.3) is 0 Å². The number of ether oxygens (including phenoxy) is 3. The van der Waals surface area contributed by atoms with E-state index in [1.54, 1.807) is 36.5 Å². The zero-order valence-corrected chi connectivity index (χ0v) is 13.9. The van der Waals surface area contributed by atoms with E-state index in [0.717, 1.165) is 0 Å². The van der Waals surface area contributed by atoms with E-state index in [1.165, 1.54) is 27.4 Å². The lowest BCUT2D eigenvalue weighted by molar-refractivity contribution is -0.137. The number of aromatic hydroxyl groups is 1. The van der Waals surface area contributed by atoms with Crippen molar-refractivity contribution in [3.05, 3.63) is 47.3 Å². The van der Waals surface area contributed by atoms with Crippen molar-refractivity contribution in [2.45, 2.75) is 5.92 Å². The van der Waals surface area contributed by atoms with Crippen LogP contribution >= 0.6 is 0 Å². The number of hydrogen-bond acceptors (Lipinski definition) is 7. The van der Waals surface area contributed by atoms with Gasteiger partial charge in [-0.15, -0.1) is 0 Å². The fraction of sp³-hybridized carbons (Fsp3) is 0.294. The highest BCUT2D eigenvalue weighted by Gasteiger charge is 2.35. The summed E-state index contributed by atoms with van der Waals surface area (Å²) in [5.41, 5.74) is 1.05. The molecule has 1 heterocycles. The van der Waals surface area contributed by atoms with E-state index < -0.39 is 17.9 Å². The monoisotopic (exact) mass is 333 g/mol. The molecule has 0 atom stereocenters. The second kappa shape index (κ2) is 7.08. The van der Waals surface area contributed by atoms with Gasteiger partial charge in [-0.25, -0.2) is 9.59 Å². The highest BCUT2D eigenvalue weighted by Crippen LogP contribution is 2.39. The Bertz CT molecular complexity index is 688. The molecule has 0 saturated carbocycles. The predicted molar refractivity (Wildman–Crippen MR) is 85.4 cm³/mol. The third-order valence-corrected chi connectivity index (χ3v) is 3.69. The van der Waals surface area contributed by atoms with Gasteiger partial charge in [0.15, 0.2) is 11.5 Å². The lowest BCUT2D eigenvalue weighted by atomic mass is 9.83. The Balaban J connectivity index is 2.59. The van der Waals surface area contributed by atoms with Crippen molar-refractivity contribution in [1.82, 2.24) is 4.90 Å². The SMILES string of the molecule is COC(=O)C1=CN(C)C=C(C(=O)OC)C1c1ccc(OC)c(O)c1.